The van der Waals surface area contributed by atoms with E-state index in [0.29, 0.717) is 17.0 Å². The number of aryl methyl sites for hydroxylation is 1. The summed E-state index contributed by atoms with van der Waals surface area (Å²) in [6.07, 6.45) is 0.921. The van der Waals surface area contributed by atoms with Crippen molar-refractivity contribution >= 4 is 22.9 Å². The number of aromatic nitrogens is 3. The summed E-state index contributed by atoms with van der Waals surface area (Å²) in [5.74, 6) is 0.562. The molecule has 1 N–H and O–H groups in total. The zero-order chi connectivity index (χ0) is 14.7. The number of anilines is 1. The quantitative estimate of drug-likeness (QED) is 0.839. The maximum absolute atomic E-state index is 11.9. The first-order valence-electron chi connectivity index (χ1n) is 6.64. The molecular weight excluding hydrogens is 260 g/mol. The number of nitrogens with one attached hydrogen (secondary N) is 1. The Bertz CT molecular complexity index is 623. The van der Waals surface area contributed by atoms with Crippen LogP contribution in [-0.2, 0) is 4.74 Å². The fraction of sp³-hybridized carbons (Fsp3) is 0.538. The summed E-state index contributed by atoms with van der Waals surface area (Å²) in [5.41, 5.74) is 0.388. The minimum absolute atomic E-state index is 0.104. The second-order valence-corrected chi connectivity index (χ2v) is 4.50. The van der Waals surface area contributed by atoms with Crippen molar-refractivity contribution in [2.45, 2.75) is 40.2 Å². The number of rotatable bonds is 5. The van der Waals surface area contributed by atoms with Crippen LogP contribution in [0.25, 0.3) is 11.1 Å². The summed E-state index contributed by atoms with van der Waals surface area (Å²) in [6, 6.07) is 0.206. The number of carbonyl (C=O) groups excluding carboxylic acids is 1. The lowest BCUT2D eigenvalue weighted by molar-refractivity contribution is 0.0517. The van der Waals surface area contributed by atoms with Crippen LogP contribution in [0, 0.1) is 6.92 Å². The molecule has 0 saturated heterocycles. The molecule has 7 heteroatoms. The third-order valence-corrected chi connectivity index (χ3v) is 2.91. The highest BCUT2D eigenvalue weighted by molar-refractivity contribution is 6.04. The predicted molar refractivity (Wildman–Crippen MR) is 73.7 cm³/mol. The molecule has 0 fully saturated rings. The Labute approximate surface area is 116 Å². The molecule has 2 aromatic heterocycles. The highest BCUT2D eigenvalue weighted by atomic mass is 16.5. The van der Waals surface area contributed by atoms with E-state index in [1.807, 2.05) is 6.92 Å². The van der Waals surface area contributed by atoms with Gasteiger partial charge in [0, 0.05) is 6.04 Å². The maximum Gasteiger partial charge on any atom is 0.361 e. The second-order valence-electron chi connectivity index (χ2n) is 4.50. The van der Waals surface area contributed by atoms with Crippen molar-refractivity contribution in [3.8, 4) is 0 Å². The Morgan fingerprint density at radius 3 is 2.80 bits per heavy atom. The monoisotopic (exact) mass is 278 g/mol. The molecular formula is C13H18N4O3. The molecule has 0 bridgehead atoms. The normalized spacial score (nSPS) is 12.4. The standard InChI is InChI=1S/C13H18N4O3/c1-5-7(3)14-11-9-10(13(18)19-6-2)17-20-12(9)16-8(4)15-11/h7H,5-6H2,1-4H3,(H,14,15,16). The lowest BCUT2D eigenvalue weighted by Gasteiger charge is -2.13. The molecule has 0 aliphatic rings. The largest absolute Gasteiger partial charge is 0.461 e. The Morgan fingerprint density at radius 2 is 2.15 bits per heavy atom. The molecule has 0 saturated carbocycles. The van der Waals surface area contributed by atoms with Gasteiger partial charge in [0.25, 0.3) is 5.71 Å². The number of carbonyl (C=O) groups is 1. The van der Waals surface area contributed by atoms with Crippen LogP contribution >= 0.6 is 0 Å². The van der Waals surface area contributed by atoms with Crippen LogP contribution in [0.15, 0.2) is 4.52 Å². The second kappa shape index (κ2) is 5.85. The van der Waals surface area contributed by atoms with Crippen molar-refractivity contribution in [2.75, 3.05) is 11.9 Å². The highest BCUT2D eigenvalue weighted by Gasteiger charge is 2.23. The van der Waals surface area contributed by atoms with E-state index in [1.54, 1.807) is 13.8 Å². The van der Waals surface area contributed by atoms with Crippen LogP contribution in [0.2, 0.25) is 0 Å². The maximum atomic E-state index is 11.9. The molecule has 0 amide bonds. The van der Waals surface area contributed by atoms with Crippen molar-refractivity contribution in [1.82, 2.24) is 15.1 Å². The van der Waals surface area contributed by atoms with E-state index in [1.165, 1.54) is 0 Å². The lowest BCUT2D eigenvalue weighted by Crippen LogP contribution is -2.16. The van der Waals surface area contributed by atoms with Gasteiger partial charge in [-0.3, -0.25) is 0 Å². The molecule has 20 heavy (non-hydrogen) atoms. The summed E-state index contributed by atoms with van der Waals surface area (Å²) < 4.78 is 10.1. The Kier molecular flexibility index (Phi) is 4.16. The van der Waals surface area contributed by atoms with Gasteiger partial charge in [0.05, 0.1) is 6.61 Å². The molecule has 2 heterocycles. The first-order valence-corrected chi connectivity index (χ1v) is 6.64. The van der Waals surface area contributed by atoms with Gasteiger partial charge in [-0.2, -0.15) is 4.98 Å². The van der Waals surface area contributed by atoms with Gasteiger partial charge in [-0.15, -0.1) is 0 Å². The fourth-order valence-corrected chi connectivity index (χ4v) is 1.74. The molecule has 2 rings (SSSR count). The van der Waals surface area contributed by atoms with Crippen molar-refractivity contribution < 1.29 is 14.1 Å². The Balaban J connectivity index is 2.53. The van der Waals surface area contributed by atoms with Gasteiger partial charge < -0.3 is 14.6 Å². The summed E-state index contributed by atoms with van der Waals surface area (Å²) in [7, 11) is 0. The van der Waals surface area contributed by atoms with Gasteiger partial charge >= 0.3 is 5.97 Å². The molecule has 0 aliphatic carbocycles. The van der Waals surface area contributed by atoms with E-state index in [-0.39, 0.29) is 24.1 Å². The van der Waals surface area contributed by atoms with E-state index in [4.69, 9.17) is 9.26 Å². The van der Waals surface area contributed by atoms with Gasteiger partial charge in [-0.1, -0.05) is 12.1 Å². The molecule has 0 aromatic carbocycles. The average molecular weight is 278 g/mol. The fourth-order valence-electron chi connectivity index (χ4n) is 1.74. The van der Waals surface area contributed by atoms with Crippen LogP contribution in [0.4, 0.5) is 5.82 Å². The smallest absolute Gasteiger partial charge is 0.361 e. The molecule has 1 unspecified atom stereocenters. The van der Waals surface area contributed by atoms with E-state index in [9.17, 15) is 4.79 Å². The van der Waals surface area contributed by atoms with E-state index < -0.39 is 5.97 Å². The third kappa shape index (κ3) is 2.71. The first-order chi connectivity index (χ1) is 9.56. The zero-order valence-corrected chi connectivity index (χ0v) is 12.1. The van der Waals surface area contributed by atoms with Gasteiger partial charge in [0.2, 0.25) is 5.69 Å². The molecule has 1 atom stereocenters. The van der Waals surface area contributed by atoms with Crippen molar-refractivity contribution in [3.05, 3.63) is 11.5 Å². The number of hydrogen-bond acceptors (Lipinski definition) is 7. The first kappa shape index (κ1) is 14.2. The molecule has 0 spiro atoms. The van der Waals surface area contributed by atoms with E-state index in [2.05, 4.69) is 27.4 Å². The molecule has 0 radical (unpaired) electrons. The number of ether oxygens (including phenoxy) is 1. The van der Waals surface area contributed by atoms with Gasteiger partial charge in [0.1, 0.15) is 17.0 Å². The van der Waals surface area contributed by atoms with Gasteiger partial charge in [-0.05, 0) is 27.2 Å². The molecule has 108 valence electrons. The average Bonchev–Trinajstić information content (AvgIpc) is 2.82. The van der Waals surface area contributed by atoms with Crippen LogP contribution in [0.5, 0.6) is 0 Å². The summed E-state index contributed by atoms with van der Waals surface area (Å²) in [4.78, 5) is 20.4. The van der Waals surface area contributed by atoms with Crippen molar-refractivity contribution in [1.29, 1.82) is 0 Å². The van der Waals surface area contributed by atoms with Gasteiger partial charge in [-0.25, -0.2) is 9.78 Å². The number of hydrogen-bond donors (Lipinski definition) is 1. The van der Waals surface area contributed by atoms with Crippen LogP contribution in [-0.4, -0.2) is 33.7 Å². The van der Waals surface area contributed by atoms with Crippen LogP contribution in [0.1, 0.15) is 43.5 Å². The van der Waals surface area contributed by atoms with Crippen molar-refractivity contribution in [3.63, 3.8) is 0 Å². The highest BCUT2D eigenvalue weighted by Crippen LogP contribution is 2.25. The topological polar surface area (TPSA) is 90.1 Å². The number of esters is 1. The lowest BCUT2D eigenvalue weighted by atomic mass is 10.2. The Morgan fingerprint density at radius 1 is 1.40 bits per heavy atom. The molecule has 0 aliphatic heterocycles. The Hall–Kier alpha value is -2.18. The third-order valence-electron chi connectivity index (χ3n) is 2.91. The van der Waals surface area contributed by atoms with Crippen LogP contribution in [0.3, 0.4) is 0 Å². The van der Waals surface area contributed by atoms with Crippen molar-refractivity contribution in [2.24, 2.45) is 0 Å². The zero-order valence-electron chi connectivity index (χ0n) is 12.1. The number of nitrogens with zero attached hydrogens (tertiary/aromatic N) is 3. The summed E-state index contributed by atoms with van der Waals surface area (Å²) in [5, 5.41) is 7.46. The van der Waals surface area contributed by atoms with E-state index in [0.717, 1.165) is 6.42 Å². The molecule has 7 nitrogen and oxygen atoms in total. The van der Waals surface area contributed by atoms with Gasteiger partial charge in [0.15, 0.2) is 0 Å². The number of fused-ring (bicyclic) bond motifs is 1. The SMILES string of the molecule is CCOC(=O)c1noc2nc(C)nc(NC(C)CC)c12. The molecule has 2 aromatic rings. The predicted octanol–water partition coefficient (Wildman–Crippen LogP) is 2.31. The summed E-state index contributed by atoms with van der Waals surface area (Å²) >= 11 is 0. The van der Waals surface area contributed by atoms with Crippen LogP contribution < -0.4 is 5.32 Å². The van der Waals surface area contributed by atoms with E-state index >= 15 is 0 Å². The minimum atomic E-state index is -0.536. The minimum Gasteiger partial charge on any atom is -0.461 e. The summed E-state index contributed by atoms with van der Waals surface area (Å²) in [6.45, 7) is 7.85.